The Morgan fingerprint density at radius 2 is 2.40 bits per heavy atom. The number of rotatable bonds is 6. The Kier molecular flexibility index (Phi) is 4.74. The van der Waals surface area contributed by atoms with Gasteiger partial charge in [0.2, 0.25) is 0 Å². The second-order valence-electron chi connectivity index (χ2n) is 3.93. The van der Waals surface area contributed by atoms with E-state index in [0.29, 0.717) is 13.1 Å². The Hall–Kier alpha value is -0.910. The van der Waals surface area contributed by atoms with Gasteiger partial charge in [-0.15, -0.1) is 0 Å². The van der Waals surface area contributed by atoms with Gasteiger partial charge in [0.05, 0.1) is 12.3 Å². The lowest BCUT2D eigenvalue weighted by atomic mass is 10.3. The lowest BCUT2D eigenvalue weighted by Crippen LogP contribution is -2.35. The van der Waals surface area contributed by atoms with Crippen LogP contribution < -0.4 is 5.32 Å². The van der Waals surface area contributed by atoms with Crippen molar-refractivity contribution in [3.63, 3.8) is 0 Å². The number of hydrogen-bond acceptors (Lipinski definition) is 4. The lowest BCUT2D eigenvalue weighted by Gasteiger charge is -2.19. The maximum Gasteiger partial charge on any atom is 0.0791 e. The third-order valence-electron chi connectivity index (χ3n) is 2.17. The highest BCUT2D eigenvalue weighted by molar-refractivity contribution is 5.02. The van der Waals surface area contributed by atoms with E-state index in [-0.39, 0.29) is 6.10 Å². The van der Waals surface area contributed by atoms with Crippen LogP contribution in [-0.4, -0.2) is 53.1 Å². The van der Waals surface area contributed by atoms with Gasteiger partial charge in [0.1, 0.15) is 0 Å². The molecule has 1 unspecified atom stereocenters. The third-order valence-corrected chi connectivity index (χ3v) is 2.17. The average Bonchev–Trinajstić information content (AvgIpc) is 2.51. The van der Waals surface area contributed by atoms with Crippen LogP contribution in [0.4, 0.5) is 0 Å². The molecule has 1 rings (SSSR count). The summed E-state index contributed by atoms with van der Waals surface area (Å²) in [6, 6.07) is 0. The van der Waals surface area contributed by atoms with Gasteiger partial charge in [-0.2, -0.15) is 5.10 Å². The average molecular weight is 212 g/mol. The van der Waals surface area contributed by atoms with Crippen molar-refractivity contribution in [1.82, 2.24) is 20.0 Å². The van der Waals surface area contributed by atoms with E-state index in [1.807, 2.05) is 33.5 Å². The molecule has 0 aromatic carbocycles. The fourth-order valence-electron chi connectivity index (χ4n) is 1.59. The van der Waals surface area contributed by atoms with Gasteiger partial charge in [-0.25, -0.2) is 0 Å². The first-order chi connectivity index (χ1) is 7.11. The van der Waals surface area contributed by atoms with Crippen molar-refractivity contribution >= 4 is 0 Å². The van der Waals surface area contributed by atoms with Crippen LogP contribution in [-0.2, 0) is 13.6 Å². The Morgan fingerprint density at radius 3 is 2.93 bits per heavy atom. The minimum Gasteiger partial charge on any atom is -0.390 e. The predicted octanol–water partition coefficient (Wildman–Crippen LogP) is -0.568. The molecule has 0 fully saturated rings. The molecule has 1 aromatic heterocycles. The fraction of sp³-hybridized carbons (Fsp3) is 0.700. The summed E-state index contributed by atoms with van der Waals surface area (Å²) >= 11 is 0. The molecule has 2 N–H and O–H groups in total. The number of aromatic nitrogens is 2. The van der Waals surface area contributed by atoms with Crippen molar-refractivity contribution < 1.29 is 5.11 Å². The van der Waals surface area contributed by atoms with E-state index in [1.54, 1.807) is 4.68 Å². The molecule has 0 saturated heterocycles. The van der Waals surface area contributed by atoms with Crippen LogP contribution in [0.5, 0.6) is 0 Å². The van der Waals surface area contributed by atoms with Crippen LogP contribution >= 0.6 is 0 Å². The molecule has 5 heteroatoms. The molecule has 0 aliphatic carbocycles. The lowest BCUT2D eigenvalue weighted by molar-refractivity contribution is 0.123. The van der Waals surface area contributed by atoms with Crippen LogP contribution in [0.3, 0.4) is 0 Å². The fourth-order valence-corrected chi connectivity index (χ4v) is 1.59. The second kappa shape index (κ2) is 5.85. The molecule has 0 saturated carbocycles. The van der Waals surface area contributed by atoms with E-state index in [0.717, 1.165) is 12.1 Å². The molecule has 15 heavy (non-hydrogen) atoms. The summed E-state index contributed by atoms with van der Waals surface area (Å²) in [5, 5.41) is 16.6. The van der Waals surface area contributed by atoms with Gasteiger partial charge in [-0.3, -0.25) is 9.58 Å². The summed E-state index contributed by atoms with van der Waals surface area (Å²) in [7, 11) is 5.73. The van der Waals surface area contributed by atoms with Crippen molar-refractivity contribution in [2.75, 3.05) is 27.2 Å². The van der Waals surface area contributed by atoms with Crippen molar-refractivity contribution in [2.45, 2.75) is 12.6 Å². The highest BCUT2D eigenvalue weighted by Gasteiger charge is 2.08. The summed E-state index contributed by atoms with van der Waals surface area (Å²) in [5.41, 5.74) is 1.16. The van der Waals surface area contributed by atoms with Gasteiger partial charge >= 0.3 is 0 Å². The van der Waals surface area contributed by atoms with Crippen LogP contribution in [0.15, 0.2) is 12.4 Å². The Balaban J connectivity index is 2.32. The van der Waals surface area contributed by atoms with Crippen molar-refractivity contribution in [3.05, 3.63) is 18.0 Å². The number of hydrogen-bond donors (Lipinski definition) is 2. The van der Waals surface area contributed by atoms with E-state index in [4.69, 9.17) is 0 Å². The summed E-state index contributed by atoms with van der Waals surface area (Å²) < 4.78 is 1.78. The zero-order chi connectivity index (χ0) is 11.3. The van der Waals surface area contributed by atoms with Crippen molar-refractivity contribution in [2.24, 2.45) is 7.05 Å². The van der Waals surface area contributed by atoms with Gasteiger partial charge < -0.3 is 10.4 Å². The SMILES string of the molecule is CNCC(O)CN(C)Cc1cnn(C)c1. The zero-order valence-electron chi connectivity index (χ0n) is 9.64. The smallest absolute Gasteiger partial charge is 0.0791 e. The molecule has 0 bridgehead atoms. The number of nitrogens with one attached hydrogen (secondary N) is 1. The maximum absolute atomic E-state index is 9.58. The van der Waals surface area contributed by atoms with Crippen molar-refractivity contribution in [3.8, 4) is 0 Å². The first-order valence-electron chi connectivity index (χ1n) is 5.10. The molecule has 0 aliphatic rings. The number of aryl methyl sites for hydroxylation is 1. The van der Waals surface area contributed by atoms with Gasteiger partial charge in [0.15, 0.2) is 0 Å². The van der Waals surface area contributed by atoms with Gasteiger partial charge in [-0.05, 0) is 14.1 Å². The molecule has 0 amide bonds. The highest BCUT2D eigenvalue weighted by Crippen LogP contribution is 2.01. The molecule has 0 spiro atoms. The number of likely N-dealkylation sites (N-methyl/N-ethyl adjacent to an activating group) is 2. The minimum absolute atomic E-state index is 0.323. The predicted molar refractivity (Wildman–Crippen MR) is 59.5 cm³/mol. The monoisotopic (exact) mass is 212 g/mol. The van der Waals surface area contributed by atoms with Crippen molar-refractivity contribution in [1.29, 1.82) is 0 Å². The zero-order valence-corrected chi connectivity index (χ0v) is 9.64. The largest absolute Gasteiger partial charge is 0.390 e. The van der Waals surface area contributed by atoms with Gasteiger partial charge in [0.25, 0.3) is 0 Å². The second-order valence-corrected chi connectivity index (χ2v) is 3.93. The van der Waals surface area contributed by atoms with E-state index < -0.39 is 0 Å². The van der Waals surface area contributed by atoms with E-state index in [1.165, 1.54) is 0 Å². The molecular weight excluding hydrogens is 192 g/mol. The molecular formula is C10H20N4O. The summed E-state index contributed by atoms with van der Waals surface area (Å²) in [4.78, 5) is 2.08. The van der Waals surface area contributed by atoms with Crippen LogP contribution in [0.1, 0.15) is 5.56 Å². The van der Waals surface area contributed by atoms with Gasteiger partial charge in [-0.1, -0.05) is 0 Å². The first kappa shape index (κ1) is 12.2. The molecule has 1 atom stereocenters. The number of aliphatic hydroxyl groups is 1. The molecule has 1 aromatic rings. The summed E-state index contributed by atoms with van der Waals surface area (Å²) in [6.07, 6.45) is 3.51. The van der Waals surface area contributed by atoms with Crippen LogP contribution in [0, 0.1) is 0 Å². The molecule has 0 aliphatic heterocycles. The summed E-state index contributed by atoms with van der Waals surface area (Å²) in [5.74, 6) is 0. The Labute approximate surface area is 90.7 Å². The molecule has 5 nitrogen and oxygen atoms in total. The van der Waals surface area contributed by atoms with E-state index >= 15 is 0 Å². The quantitative estimate of drug-likeness (QED) is 0.663. The number of aliphatic hydroxyl groups excluding tert-OH is 1. The first-order valence-corrected chi connectivity index (χ1v) is 5.10. The summed E-state index contributed by atoms with van der Waals surface area (Å²) in [6.45, 7) is 2.10. The maximum atomic E-state index is 9.58. The number of nitrogens with zero attached hydrogens (tertiary/aromatic N) is 3. The molecule has 86 valence electrons. The standard InChI is InChI=1S/C10H20N4O/c1-11-5-10(15)8-13(2)6-9-4-12-14(3)7-9/h4,7,10-11,15H,5-6,8H2,1-3H3. The Morgan fingerprint density at radius 1 is 1.67 bits per heavy atom. The minimum atomic E-state index is -0.323. The third kappa shape index (κ3) is 4.42. The highest BCUT2D eigenvalue weighted by atomic mass is 16.3. The van der Waals surface area contributed by atoms with Crippen LogP contribution in [0.25, 0.3) is 0 Å². The van der Waals surface area contributed by atoms with E-state index in [2.05, 4.69) is 15.3 Å². The molecule has 1 heterocycles. The topological polar surface area (TPSA) is 53.3 Å². The van der Waals surface area contributed by atoms with Crippen LogP contribution in [0.2, 0.25) is 0 Å². The molecule has 0 radical (unpaired) electrons. The van der Waals surface area contributed by atoms with Gasteiger partial charge in [0, 0.05) is 38.4 Å². The Bertz CT molecular complexity index is 287. The van der Waals surface area contributed by atoms with E-state index in [9.17, 15) is 5.11 Å². The normalized spacial score (nSPS) is 13.4.